The zero-order valence-electron chi connectivity index (χ0n) is 22.2. The van der Waals surface area contributed by atoms with E-state index in [1.807, 2.05) is 49.5 Å². The van der Waals surface area contributed by atoms with Gasteiger partial charge in [-0.2, -0.15) is 10.1 Å². The van der Waals surface area contributed by atoms with Crippen LogP contribution in [-0.2, 0) is 17.6 Å². The van der Waals surface area contributed by atoms with Crippen LogP contribution < -0.4 is 20.9 Å². The van der Waals surface area contributed by atoms with E-state index in [1.54, 1.807) is 12.4 Å². The molecule has 1 aromatic carbocycles. The molecule has 2 aliphatic heterocycles. The lowest BCUT2D eigenvalue weighted by atomic mass is 9.93. The molecular formula is C29H30ClN9O. The van der Waals surface area contributed by atoms with Crippen LogP contribution in [0.3, 0.4) is 0 Å². The largest absolute Gasteiger partial charge is 0.355 e. The Morgan fingerprint density at radius 1 is 1.02 bits per heavy atom. The van der Waals surface area contributed by atoms with Crippen LogP contribution in [0.15, 0.2) is 55.0 Å². The van der Waals surface area contributed by atoms with Crippen molar-refractivity contribution >= 4 is 52.2 Å². The number of nitrogens with one attached hydrogen (secondary N) is 3. The summed E-state index contributed by atoms with van der Waals surface area (Å²) in [6.45, 7) is 3.68. The zero-order valence-corrected chi connectivity index (χ0v) is 22.9. The van der Waals surface area contributed by atoms with Crippen molar-refractivity contribution in [2.75, 3.05) is 33.9 Å². The fourth-order valence-corrected chi connectivity index (χ4v) is 5.28. The number of piperidine rings is 1. The molecule has 5 heterocycles. The molecule has 6 bridgehead atoms. The number of halogens is 1. The molecular weight excluding hydrogens is 526 g/mol. The van der Waals surface area contributed by atoms with Crippen molar-refractivity contribution in [3.63, 3.8) is 0 Å². The molecule has 3 aromatic heterocycles. The lowest BCUT2D eigenvalue weighted by Gasteiger charge is -2.32. The average Bonchev–Trinajstić information content (AvgIpc) is 2.96. The van der Waals surface area contributed by atoms with Gasteiger partial charge in [0.2, 0.25) is 11.9 Å². The van der Waals surface area contributed by atoms with E-state index in [9.17, 15) is 4.79 Å². The monoisotopic (exact) mass is 555 g/mol. The third-order valence-corrected chi connectivity index (χ3v) is 7.59. The van der Waals surface area contributed by atoms with E-state index >= 15 is 0 Å². The molecule has 204 valence electrons. The number of anilines is 6. The van der Waals surface area contributed by atoms with Gasteiger partial charge in [-0.3, -0.25) is 9.78 Å². The Morgan fingerprint density at radius 3 is 2.73 bits per heavy atom. The molecule has 11 heteroatoms. The van der Waals surface area contributed by atoms with E-state index in [0.29, 0.717) is 29.1 Å². The highest BCUT2D eigenvalue weighted by molar-refractivity contribution is 6.32. The molecule has 10 nitrogen and oxygen atoms in total. The van der Waals surface area contributed by atoms with Crippen molar-refractivity contribution in [3.8, 4) is 0 Å². The number of nitrogens with zero attached hydrogens (tertiary/aromatic N) is 6. The summed E-state index contributed by atoms with van der Waals surface area (Å²) in [6, 6.07) is 11.9. The molecule has 40 heavy (non-hydrogen) atoms. The molecule has 1 amide bonds. The second kappa shape index (κ2) is 11.4. The van der Waals surface area contributed by atoms with Crippen LogP contribution in [0.1, 0.15) is 36.1 Å². The van der Waals surface area contributed by atoms with E-state index in [0.717, 1.165) is 78.5 Å². The smallest absolute Gasteiger partial charge is 0.229 e. The number of pyridine rings is 1. The van der Waals surface area contributed by atoms with Gasteiger partial charge in [0.25, 0.3) is 0 Å². The fraction of sp³-hybridized carbons (Fsp3) is 0.310. The van der Waals surface area contributed by atoms with E-state index in [2.05, 4.69) is 46.0 Å². The van der Waals surface area contributed by atoms with Crippen molar-refractivity contribution in [1.29, 1.82) is 0 Å². The van der Waals surface area contributed by atoms with E-state index in [4.69, 9.17) is 11.6 Å². The van der Waals surface area contributed by atoms with Gasteiger partial charge in [-0.25, -0.2) is 4.98 Å². The van der Waals surface area contributed by atoms with Crippen LogP contribution in [-0.4, -0.2) is 44.1 Å². The van der Waals surface area contributed by atoms with Gasteiger partial charge in [0.15, 0.2) is 11.6 Å². The summed E-state index contributed by atoms with van der Waals surface area (Å²) in [6.07, 6.45) is 9.01. The topological polar surface area (TPSA) is 121 Å². The predicted octanol–water partition coefficient (Wildman–Crippen LogP) is 5.45. The Kier molecular flexibility index (Phi) is 7.41. The second-order valence-corrected chi connectivity index (χ2v) is 10.7. The third-order valence-electron chi connectivity index (χ3n) is 7.32. The number of hydrogen-bond acceptors (Lipinski definition) is 9. The summed E-state index contributed by atoms with van der Waals surface area (Å²) < 4.78 is 0. The van der Waals surface area contributed by atoms with Gasteiger partial charge < -0.3 is 20.9 Å². The normalized spacial score (nSPS) is 15.1. The molecule has 6 rings (SSSR count). The number of hydrogen-bond donors (Lipinski definition) is 3. The average molecular weight is 556 g/mol. The van der Waals surface area contributed by atoms with E-state index < -0.39 is 0 Å². The fourth-order valence-electron chi connectivity index (χ4n) is 5.14. The second-order valence-electron chi connectivity index (χ2n) is 10.3. The molecule has 0 saturated carbocycles. The maximum absolute atomic E-state index is 13.2. The molecule has 4 aromatic rings. The van der Waals surface area contributed by atoms with Crippen molar-refractivity contribution in [1.82, 2.24) is 25.1 Å². The van der Waals surface area contributed by atoms with Gasteiger partial charge in [-0.1, -0.05) is 11.6 Å². The van der Waals surface area contributed by atoms with Crippen LogP contribution in [0.4, 0.5) is 34.6 Å². The van der Waals surface area contributed by atoms with Gasteiger partial charge >= 0.3 is 0 Å². The van der Waals surface area contributed by atoms with E-state index in [-0.39, 0.29) is 5.91 Å². The maximum atomic E-state index is 13.2. The van der Waals surface area contributed by atoms with Crippen LogP contribution in [0.5, 0.6) is 0 Å². The van der Waals surface area contributed by atoms with Crippen LogP contribution >= 0.6 is 11.6 Å². The number of rotatable bonds is 4. The molecule has 3 N–H and O–H groups in total. The van der Waals surface area contributed by atoms with Gasteiger partial charge in [0, 0.05) is 37.1 Å². The minimum atomic E-state index is 0.0322. The lowest BCUT2D eigenvalue weighted by Crippen LogP contribution is -2.35. The summed E-state index contributed by atoms with van der Waals surface area (Å²) in [4.78, 5) is 28.6. The van der Waals surface area contributed by atoms with Crippen LogP contribution in [0.2, 0.25) is 5.02 Å². The van der Waals surface area contributed by atoms with Gasteiger partial charge in [0.1, 0.15) is 5.02 Å². The number of carbonyl (C=O) groups excluding carboxylic acids is 1. The molecule has 0 radical (unpaired) electrons. The Balaban J connectivity index is 1.16. The first kappa shape index (κ1) is 25.9. The van der Waals surface area contributed by atoms with Crippen molar-refractivity contribution in [2.24, 2.45) is 5.92 Å². The standard InChI is InChI=1S/C29H30ClN9O/c1-18-2-7-26(38-37-18)39-10-8-19(9-11-39)13-27(40)35-25-6-5-22-14-21(25)4-3-20-12-23(16-31-15-20)34-29-32-17-24(30)28(33-22)36-29/h2,5-7,12,14-17,19H,3-4,8-11,13H2,1H3,(H,35,40)(H2,32,33,34,36). The van der Waals surface area contributed by atoms with Gasteiger partial charge in [-0.05, 0) is 86.1 Å². The first-order valence-electron chi connectivity index (χ1n) is 13.5. The first-order chi connectivity index (χ1) is 19.5. The molecule has 0 spiro atoms. The summed E-state index contributed by atoms with van der Waals surface area (Å²) in [7, 11) is 0. The maximum Gasteiger partial charge on any atom is 0.229 e. The number of aromatic nitrogens is 5. The highest BCUT2D eigenvalue weighted by Gasteiger charge is 2.23. The third kappa shape index (κ3) is 6.12. The van der Waals surface area contributed by atoms with Gasteiger partial charge in [-0.15, -0.1) is 5.10 Å². The predicted molar refractivity (Wildman–Crippen MR) is 157 cm³/mol. The lowest BCUT2D eigenvalue weighted by molar-refractivity contribution is -0.117. The summed E-state index contributed by atoms with van der Waals surface area (Å²) in [5.41, 5.74) is 5.44. The van der Waals surface area contributed by atoms with E-state index in [1.165, 1.54) is 0 Å². The Morgan fingerprint density at radius 2 is 1.90 bits per heavy atom. The van der Waals surface area contributed by atoms with Crippen LogP contribution in [0, 0.1) is 12.8 Å². The first-order valence-corrected chi connectivity index (χ1v) is 13.8. The molecule has 1 saturated heterocycles. The molecule has 0 unspecified atom stereocenters. The summed E-state index contributed by atoms with van der Waals surface area (Å²) in [5.74, 6) is 2.18. The Bertz CT molecular complexity index is 1520. The molecule has 2 aliphatic rings. The Labute approximate surface area is 237 Å². The highest BCUT2D eigenvalue weighted by Crippen LogP contribution is 2.30. The summed E-state index contributed by atoms with van der Waals surface area (Å²) >= 11 is 6.38. The number of amides is 1. The Hall–Kier alpha value is -4.31. The van der Waals surface area contributed by atoms with Crippen LogP contribution in [0.25, 0.3) is 0 Å². The quantitative estimate of drug-likeness (QED) is 0.301. The SMILES string of the molecule is Cc1ccc(N2CCC(CC(=O)Nc3ccc4cc3CCc3cncc(c3)Nc3ncc(Cl)c(n3)N4)CC2)nn1. The zero-order chi connectivity index (χ0) is 27.5. The number of carbonyl (C=O) groups is 1. The number of aryl methyl sites for hydroxylation is 3. The highest BCUT2D eigenvalue weighted by atomic mass is 35.5. The molecule has 0 atom stereocenters. The van der Waals surface area contributed by atoms with Crippen molar-refractivity contribution in [3.05, 3.63) is 76.8 Å². The minimum absolute atomic E-state index is 0.0322. The minimum Gasteiger partial charge on any atom is -0.355 e. The van der Waals surface area contributed by atoms with Crippen molar-refractivity contribution < 1.29 is 4.79 Å². The molecule has 1 fully saturated rings. The summed E-state index contributed by atoms with van der Waals surface area (Å²) in [5, 5.41) is 18.6. The van der Waals surface area contributed by atoms with Crippen molar-refractivity contribution in [2.45, 2.75) is 39.0 Å². The number of benzene rings is 1. The van der Waals surface area contributed by atoms with Gasteiger partial charge in [0.05, 0.1) is 23.8 Å². The molecule has 0 aliphatic carbocycles. The number of fused-ring (bicyclic) bond motifs is 6.